The maximum atomic E-state index is 5.92. The van der Waals surface area contributed by atoms with E-state index in [1.807, 2.05) is 0 Å². The number of hydrogen-bond donors (Lipinski definition) is 0. The minimum atomic E-state index is 0.463. The van der Waals surface area contributed by atoms with Gasteiger partial charge < -0.3 is 4.74 Å². The lowest BCUT2D eigenvalue weighted by atomic mass is 9.51. The third-order valence-electron chi connectivity index (χ3n) is 7.67. The van der Waals surface area contributed by atoms with Gasteiger partial charge in [-0.15, -0.1) is 0 Å². The summed E-state index contributed by atoms with van der Waals surface area (Å²) in [4.78, 5) is 0. The second kappa shape index (κ2) is 10.5. The highest BCUT2D eigenvalue weighted by molar-refractivity contribution is 5.34. The number of ether oxygens (including phenoxy) is 1. The monoisotopic (exact) mass is 382 g/mol. The van der Waals surface area contributed by atoms with Crippen molar-refractivity contribution < 1.29 is 4.74 Å². The molecule has 3 fully saturated rings. The maximum absolute atomic E-state index is 5.92. The normalized spacial score (nSPS) is 26.8. The Morgan fingerprint density at radius 2 is 1.43 bits per heavy atom. The van der Waals surface area contributed by atoms with Gasteiger partial charge in [-0.1, -0.05) is 70.2 Å². The second-order valence-corrected chi connectivity index (χ2v) is 9.54. The Labute approximate surface area is 174 Å². The molecule has 4 rings (SSSR count). The van der Waals surface area contributed by atoms with E-state index in [4.69, 9.17) is 4.74 Å². The van der Waals surface area contributed by atoms with Crippen LogP contribution < -0.4 is 4.74 Å². The molecule has 2 bridgehead atoms. The minimum Gasteiger partial charge on any atom is -0.490 e. The van der Waals surface area contributed by atoms with Gasteiger partial charge in [0.1, 0.15) is 12.4 Å². The van der Waals surface area contributed by atoms with Crippen LogP contribution in [0.1, 0.15) is 109 Å². The Morgan fingerprint density at radius 1 is 0.786 bits per heavy atom. The van der Waals surface area contributed by atoms with Crippen LogP contribution in [-0.2, 0) is 5.41 Å². The van der Waals surface area contributed by atoms with Crippen molar-refractivity contribution in [2.45, 2.75) is 109 Å². The topological polar surface area (TPSA) is 9.23 Å². The van der Waals surface area contributed by atoms with E-state index in [1.165, 1.54) is 89.9 Å². The standard InChI is InChI=1S/C27H42O/c1-3-5-7-8-9-11-23-28-25-14-12-24(13-15-25)27-20-17-26(18-21-27,19-22-27)16-10-6-4-2/h9,11-15H,3-8,10,16-23H2,1-2H3. The Bertz CT molecular complexity index is 573. The highest BCUT2D eigenvalue weighted by Crippen LogP contribution is 2.59. The van der Waals surface area contributed by atoms with E-state index in [-0.39, 0.29) is 0 Å². The average molecular weight is 383 g/mol. The van der Waals surface area contributed by atoms with E-state index in [2.05, 4.69) is 50.3 Å². The van der Waals surface area contributed by atoms with Crippen molar-refractivity contribution in [1.29, 1.82) is 0 Å². The summed E-state index contributed by atoms with van der Waals surface area (Å²) in [6.07, 6.45) is 23.8. The van der Waals surface area contributed by atoms with Crippen LogP contribution in [0.4, 0.5) is 0 Å². The molecular weight excluding hydrogens is 340 g/mol. The Hall–Kier alpha value is -1.24. The molecule has 0 amide bonds. The summed E-state index contributed by atoms with van der Waals surface area (Å²) in [7, 11) is 0. The van der Waals surface area contributed by atoms with Crippen LogP contribution in [0.2, 0.25) is 0 Å². The molecule has 1 aromatic carbocycles. The molecule has 0 saturated heterocycles. The molecular formula is C27H42O. The van der Waals surface area contributed by atoms with E-state index in [0.717, 1.165) is 5.75 Å². The van der Waals surface area contributed by atoms with Gasteiger partial charge >= 0.3 is 0 Å². The zero-order chi connectivity index (χ0) is 19.7. The summed E-state index contributed by atoms with van der Waals surface area (Å²) in [6.45, 7) is 5.26. The molecule has 1 aromatic rings. The van der Waals surface area contributed by atoms with Crippen LogP contribution in [-0.4, -0.2) is 6.61 Å². The van der Waals surface area contributed by atoms with Crippen molar-refractivity contribution in [3.8, 4) is 5.75 Å². The largest absolute Gasteiger partial charge is 0.490 e. The smallest absolute Gasteiger partial charge is 0.119 e. The molecule has 3 aliphatic carbocycles. The highest BCUT2D eigenvalue weighted by Gasteiger charge is 2.48. The zero-order valence-corrected chi connectivity index (χ0v) is 18.5. The van der Waals surface area contributed by atoms with Gasteiger partial charge in [0, 0.05) is 0 Å². The van der Waals surface area contributed by atoms with Crippen molar-refractivity contribution >= 4 is 0 Å². The van der Waals surface area contributed by atoms with Crippen molar-refractivity contribution in [1.82, 2.24) is 0 Å². The number of fused-ring (bicyclic) bond motifs is 3. The summed E-state index contributed by atoms with van der Waals surface area (Å²) in [5, 5.41) is 0. The van der Waals surface area contributed by atoms with Gasteiger partial charge in [-0.05, 0) is 86.3 Å². The second-order valence-electron chi connectivity index (χ2n) is 9.54. The lowest BCUT2D eigenvalue weighted by Gasteiger charge is -2.54. The summed E-state index contributed by atoms with van der Waals surface area (Å²) in [5.41, 5.74) is 2.73. The molecule has 1 heteroatoms. The van der Waals surface area contributed by atoms with E-state index >= 15 is 0 Å². The predicted octanol–water partition coefficient (Wildman–Crippen LogP) is 8.37. The number of hydrogen-bond acceptors (Lipinski definition) is 1. The Balaban J connectivity index is 1.47. The molecule has 0 unspecified atom stereocenters. The number of benzene rings is 1. The van der Waals surface area contributed by atoms with Crippen molar-refractivity contribution in [3.63, 3.8) is 0 Å². The fourth-order valence-corrected chi connectivity index (χ4v) is 5.57. The summed E-state index contributed by atoms with van der Waals surface area (Å²) in [6, 6.07) is 9.12. The number of unbranched alkanes of at least 4 members (excludes halogenated alkanes) is 5. The SMILES string of the molecule is CCCCCC=CCOc1ccc(C23CCC(CCCCC)(CC2)CC3)cc1. The lowest BCUT2D eigenvalue weighted by molar-refractivity contribution is 0.0305. The van der Waals surface area contributed by atoms with Gasteiger partial charge in [0.2, 0.25) is 0 Å². The van der Waals surface area contributed by atoms with Crippen molar-refractivity contribution in [2.24, 2.45) is 5.41 Å². The molecule has 0 N–H and O–H groups in total. The summed E-state index contributed by atoms with van der Waals surface area (Å²) < 4.78 is 5.92. The van der Waals surface area contributed by atoms with Gasteiger partial charge in [0.15, 0.2) is 0 Å². The molecule has 28 heavy (non-hydrogen) atoms. The first-order chi connectivity index (χ1) is 13.7. The van der Waals surface area contributed by atoms with Crippen LogP contribution in [0, 0.1) is 5.41 Å². The van der Waals surface area contributed by atoms with Crippen LogP contribution in [0.5, 0.6) is 5.75 Å². The summed E-state index contributed by atoms with van der Waals surface area (Å²) >= 11 is 0. The van der Waals surface area contributed by atoms with Gasteiger partial charge in [0.05, 0.1) is 0 Å². The van der Waals surface area contributed by atoms with E-state index in [9.17, 15) is 0 Å². The highest BCUT2D eigenvalue weighted by atomic mass is 16.5. The van der Waals surface area contributed by atoms with Gasteiger partial charge in [-0.25, -0.2) is 0 Å². The van der Waals surface area contributed by atoms with Gasteiger partial charge in [-0.3, -0.25) is 0 Å². The number of allylic oxidation sites excluding steroid dienone is 1. The molecule has 1 nitrogen and oxygen atoms in total. The molecule has 0 spiro atoms. The van der Waals surface area contributed by atoms with Crippen molar-refractivity contribution in [2.75, 3.05) is 6.61 Å². The lowest BCUT2D eigenvalue weighted by Crippen LogP contribution is -2.44. The van der Waals surface area contributed by atoms with Crippen molar-refractivity contribution in [3.05, 3.63) is 42.0 Å². The molecule has 0 atom stereocenters. The number of rotatable bonds is 12. The van der Waals surface area contributed by atoms with E-state index < -0.39 is 0 Å². The Kier molecular flexibility index (Phi) is 8.06. The zero-order valence-electron chi connectivity index (χ0n) is 18.5. The van der Waals surface area contributed by atoms with E-state index in [0.29, 0.717) is 17.4 Å². The van der Waals surface area contributed by atoms with Gasteiger partial charge in [-0.2, -0.15) is 0 Å². The summed E-state index contributed by atoms with van der Waals surface area (Å²) in [5.74, 6) is 1.01. The van der Waals surface area contributed by atoms with Crippen LogP contribution >= 0.6 is 0 Å². The third kappa shape index (κ3) is 5.43. The predicted molar refractivity (Wildman–Crippen MR) is 121 cm³/mol. The molecule has 3 saturated carbocycles. The molecule has 156 valence electrons. The van der Waals surface area contributed by atoms with Crippen LogP contribution in [0.15, 0.2) is 36.4 Å². The minimum absolute atomic E-state index is 0.463. The van der Waals surface area contributed by atoms with Crippen LogP contribution in [0.3, 0.4) is 0 Å². The maximum Gasteiger partial charge on any atom is 0.119 e. The Morgan fingerprint density at radius 3 is 2.07 bits per heavy atom. The quantitative estimate of drug-likeness (QED) is 0.260. The molecule has 0 heterocycles. The first-order valence-corrected chi connectivity index (χ1v) is 12.1. The molecule has 0 aliphatic heterocycles. The fourth-order valence-electron chi connectivity index (χ4n) is 5.57. The van der Waals surface area contributed by atoms with Crippen LogP contribution in [0.25, 0.3) is 0 Å². The molecule has 3 aliphatic rings. The average Bonchev–Trinajstić information content (AvgIpc) is 2.75. The first-order valence-electron chi connectivity index (χ1n) is 12.1. The third-order valence-corrected chi connectivity index (χ3v) is 7.67. The first kappa shape index (κ1) is 21.5. The fraction of sp³-hybridized carbons (Fsp3) is 0.704. The molecule has 0 radical (unpaired) electrons. The molecule has 0 aromatic heterocycles. The van der Waals surface area contributed by atoms with E-state index in [1.54, 1.807) is 5.56 Å². The van der Waals surface area contributed by atoms with Gasteiger partial charge in [0.25, 0.3) is 0 Å².